The van der Waals surface area contributed by atoms with Crippen molar-refractivity contribution in [3.05, 3.63) is 44.9 Å². The summed E-state index contributed by atoms with van der Waals surface area (Å²) >= 11 is 3.24. The lowest BCUT2D eigenvalue weighted by Crippen LogP contribution is -2.26. The van der Waals surface area contributed by atoms with Gasteiger partial charge in [0.2, 0.25) is 5.91 Å². The zero-order valence-corrected chi connectivity index (χ0v) is 12.0. The summed E-state index contributed by atoms with van der Waals surface area (Å²) in [7, 11) is 0. The summed E-state index contributed by atoms with van der Waals surface area (Å²) in [6.45, 7) is 5.89. The molecule has 0 radical (unpaired) electrons. The molecule has 1 amide bonds. The third-order valence-electron chi connectivity index (χ3n) is 3.20. The van der Waals surface area contributed by atoms with E-state index in [0.29, 0.717) is 28.7 Å². The topological polar surface area (TPSA) is 63.5 Å². The van der Waals surface area contributed by atoms with Gasteiger partial charge in [-0.3, -0.25) is 14.9 Å². The van der Waals surface area contributed by atoms with Crippen LogP contribution in [-0.4, -0.2) is 17.4 Å². The summed E-state index contributed by atoms with van der Waals surface area (Å²) in [6.07, 6.45) is 2.08. The lowest BCUT2D eigenvalue weighted by molar-refractivity contribution is -0.384. The lowest BCUT2D eigenvalue weighted by atomic mass is 10.1. The number of aryl methyl sites for hydroxylation is 1. The summed E-state index contributed by atoms with van der Waals surface area (Å²) < 4.78 is 0.632. The van der Waals surface area contributed by atoms with Crippen molar-refractivity contribution >= 4 is 33.2 Å². The van der Waals surface area contributed by atoms with Gasteiger partial charge in [-0.15, -0.1) is 6.58 Å². The van der Waals surface area contributed by atoms with E-state index in [-0.39, 0.29) is 17.5 Å². The Morgan fingerprint density at radius 1 is 1.58 bits per heavy atom. The van der Waals surface area contributed by atoms with Crippen LogP contribution in [0.4, 0.5) is 11.4 Å². The molecule has 0 bridgehead atoms. The SMILES string of the molecule is C=CC1CC(=O)N(c2c(C)cc(Br)cc2[N+](=O)[O-])C1. The molecule has 1 saturated heterocycles. The summed E-state index contributed by atoms with van der Waals surface area (Å²) in [5, 5.41) is 11.2. The highest BCUT2D eigenvalue weighted by atomic mass is 79.9. The highest BCUT2D eigenvalue weighted by Gasteiger charge is 2.34. The Bertz CT molecular complexity index is 571. The minimum absolute atomic E-state index is 0.0510. The molecule has 1 fully saturated rings. The van der Waals surface area contributed by atoms with E-state index in [0.717, 1.165) is 0 Å². The first kappa shape index (κ1) is 13.7. The molecule has 1 atom stereocenters. The summed E-state index contributed by atoms with van der Waals surface area (Å²) in [5.41, 5.74) is 1.05. The number of nitro benzene ring substituents is 1. The molecular formula is C13H13BrN2O3. The minimum atomic E-state index is -0.457. The van der Waals surface area contributed by atoms with Crippen molar-refractivity contribution in [3.63, 3.8) is 0 Å². The van der Waals surface area contributed by atoms with Crippen LogP contribution in [0.5, 0.6) is 0 Å². The van der Waals surface area contributed by atoms with Crippen molar-refractivity contribution in [1.29, 1.82) is 0 Å². The lowest BCUT2D eigenvalue weighted by Gasteiger charge is -2.19. The van der Waals surface area contributed by atoms with Gasteiger partial charge >= 0.3 is 0 Å². The number of carbonyl (C=O) groups excluding carboxylic acids is 1. The number of hydrogen-bond donors (Lipinski definition) is 0. The highest BCUT2D eigenvalue weighted by Crippen LogP contribution is 2.38. The van der Waals surface area contributed by atoms with Gasteiger partial charge in [-0.25, -0.2) is 0 Å². The van der Waals surface area contributed by atoms with Gasteiger partial charge in [0, 0.05) is 29.4 Å². The number of nitro groups is 1. The van der Waals surface area contributed by atoms with Crippen LogP contribution in [0.15, 0.2) is 29.3 Å². The molecule has 1 aromatic carbocycles. The fourth-order valence-corrected chi connectivity index (χ4v) is 2.88. The van der Waals surface area contributed by atoms with Crippen molar-refractivity contribution in [3.8, 4) is 0 Å². The Hall–Kier alpha value is -1.69. The molecule has 0 aromatic heterocycles. The molecular weight excluding hydrogens is 312 g/mol. The molecule has 1 heterocycles. The van der Waals surface area contributed by atoms with E-state index in [1.165, 1.54) is 11.0 Å². The molecule has 100 valence electrons. The fourth-order valence-electron chi connectivity index (χ4n) is 2.32. The summed E-state index contributed by atoms with van der Waals surface area (Å²) in [5.74, 6) is -0.0476. The van der Waals surface area contributed by atoms with Crippen LogP contribution in [0.1, 0.15) is 12.0 Å². The molecule has 6 heteroatoms. The molecule has 19 heavy (non-hydrogen) atoms. The van der Waals surface area contributed by atoms with Crippen LogP contribution < -0.4 is 4.90 Å². The zero-order chi connectivity index (χ0) is 14.2. The van der Waals surface area contributed by atoms with Gasteiger partial charge in [0.15, 0.2) is 0 Å². The Balaban J connectivity index is 2.53. The van der Waals surface area contributed by atoms with Crippen molar-refractivity contribution in [2.75, 3.05) is 11.4 Å². The van der Waals surface area contributed by atoms with Gasteiger partial charge < -0.3 is 4.90 Å². The summed E-state index contributed by atoms with van der Waals surface area (Å²) in [4.78, 5) is 24.2. The first-order valence-electron chi connectivity index (χ1n) is 5.81. The highest BCUT2D eigenvalue weighted by molar-refractivity contribution is 9.10. The number of halogens is 1. The summed E-state index contributed by atoms with van der Waals surface area (Å²) in [6, 6.07) is 3.20. The fraction of sp³-hybridized carbons (Fsp3) is 0.308. The number of benzene rings is 1. The van der Waals surface area contributed by atoms with Gasteiger partial charge in [0.1, 0.15) is 5.69 Å². The normalized spacial score (nSPS) is 18.7. The van der Waals surface area contributed by atoms with E-state index in [1.807, 2.05) is 0 Å². The smallest absolute Gasteiger partial charge is 0.294 e. The maximum atomic E-state index is 12.0. The van der Waals surface area contributed by atoms with Crippen molar-refractivity contribution in [2.45, 2.75) is 13.3 Å². The van der Waals surface area contributed by atoms with E-state index in [1.54, 1.807) is 19.1 Å². The molecule has 5 nitrogen and oxygen atoms in total. The molecule has 0 N–H and O–H groups in total. The number of amides is 1. The average Bonchev–Trinajstić information content (AvgIpc) is 2.69. The Morgan fingerprint density at radius 3 is 2.79 bits per heavy atom. The van der Waals surface area contributed by atoms with Crippen LogP contribution in [-0.2, 0) is 4.79 Å². The van der Waals surface area contributed by atoms with Gasteiger partial charge in [-0.05, 0) is 18.6 Å². The standard InChI is InChI=1S/C13H13BrN2O3/c1-3-9-5-12(17)15(7-9)13-8(2)4-10(14)6-11(13)16(18)19/h3-4,6,9H,1,5,7H2,2H3. The van der Waals surface area contributed by atoms with Gasteiger partial charge in [-0.1, -0.05) is 22.0 Å². The number of carbonyl (C=O) groups is 1. The Morgan fingerprint density at radius 2 is 2.26 bits per heavy atom. The molecule has 0 aliphatic carbocycles. The molecule has 0 saturated carbocycles. The first-order chi connectivity index (χ1) is 8.93. The van der Waals surface area contributed by atoms with E-state index in [4.69, 9.17) is 0 Å². The predicted molar refractivity (Wildman–Crippen MR) is 76.2 cm³/mol. The number of nitrogens with zero attached hydrogens (tertiary/aromatic N) is 2. The van der Waals surface area contributed by atoms with E-state index >= 15 is 0 Å². The predicted octanol–water partition coefficient (Wildman–Crippen LogP) is 3.20. The molecule has 2 rings (SSSR count). The van der Waals surface area contributed by atoms with Crippen LogP contribution in [0.25, 0.3) is 0 Å². The molecule has 1 aromatic rings. The van der Waals surface area contributed by atoms with E-state index in [2.05, 4.69) is 22.5 Å². The van der Waals surface area contributed by atoms with Crippen LogP contribution in [0.3, 0.4) is 0 Å². The van der Waals surface area contributed by atoms with Crippen molar-refractivity contribution in [2.24, 2.45) is 5.92 Å². The molecule has 0 spiro atoms. The minimum Gasteiger partial charge on any atom is -0.306 e. The zero-order valence-electron chi connectivity index (χ0n) is 10.4. The Kier molecular flexibility index (Phi) is 3.71. The second-order valence-electron chi connectivity index (χ2n) is 4.55. The maximum Gasteiger partial charge on any atom is 0.294 e. The maximum absolute atomic E-state index is 12.0. The van der Waals surface area contributed by atoms with E-state index < -0.39 is 4.92 Å². The van der Waals surface area contributed by atoms with Crippen LogP contribution in [0, 0.1) is 23.0 Å². The number of rotatable bonds is 3. The molecule has 1 unspecified atom stereocenters. The van der Waals surface area contributed by atoms with Gasteiger partial charge in [-0.2, -0.15) is 0 Å². The molecule has 1 aliphatic rings. The second-order valence-corrected chi connectivity index (χ2v) is 5.47. The molecule has 1 aliphatic heterocycles. The quantitative estimate of drug-likeness (QED) is 0.487. The van der Waals surface area contributed by atoms with E-state index in [9.17, 15) is 14.9 Å². The third kappa shape index (κ3) is 2.53. The Labute approximate surface area is 119 Å². The number of hydrogen-bond acceptors (Lipinski definition) is 3. The van der Waals surface area contributed by atoms with Crippen LogP contribution >= 0.6 is 15.9 Å². The second kappa shape index (κ2) is 5.13. The average molecular weight is 325 g/mol. The van der Waals surface area contributed by atoms with Gasteiger partial charge in [0.25, 0.3) is 5.69 Å². The number of anilines is 1. The van der Waals surface area contributed by atoms with Crippen molar-refractivity contribution < 1.29 is 9.72 Å². The first-order valence-corrected chi connectivity index (χ1v) is 6.60. The van der Waals surface area contributed by atoms with Crippen LogP contribution in [0.2, 0.25) is 0 Å². The third-order valence-corrected chi connectivity index (χ3v) is 3.66. The van der Waals surface area contributed by atoms with Crippen molar-refractivity contribution in [1.82, 2.24) is 0 Å². The largest absolute Gasteiger partial charge is 0.306 e. The monoisotopic (exact) mass is 324 g/mol. The van der Waals surface area contributed by atoms with Gasteiger partial charge in [0.05, 0.1) is 4.92 Å².